The van der Waals surface area contributed by atoms with E-state index in [1.807, 2.05) is 25.1 Å². The third kappa shape index (κ3) is 3.26. The molecule has 0 saturated heterocycles. The second kappa shape index (κ2) is 6.65. The number of rotatable bonds is 3. The van der Waals surface area contributed by atoms with Crippen LogP contribution in [0.15, 0.2) is 65.6 Å². The lowest BCUT2D eigenvalue weighted by Crippen LogP contribution is -2.29. The molecule has 126 valence electrons. The van der Waals surface area contributed by atoms with Gasteiger partial charge < -0.3 is 0 Å². The van der Waals surface area contributed by atoms with E-state index in [0.29, 0.717) is 6.54 Å². The van der Waals surface area contributed by atoms with Gasteiger partial charge in [0.25, 0.3) is 5.56 Å². The fourth-order valence-electron chi connectivity index (χ4n) is 3.39. The van der Waals surface area contributed by atoms with E-state index < -0.39 is 0 Å². The van der Waals surface area contributed by atoms with Crippen LogP contribution in [0.25, 0.3) is 11.2 Å². The van der Waals surface area contributed by atoms with Gasteiger partial charge in [0.2, 0.25) is 0 Å². The lowest BCUT2D eigenvalue weighted by atomic mass is 9.99. The minimum atomic E-state index is -0.0128. The van der Waals surface area contributed by atoms with Crippen molar-refractivity contribution < 1.29 is 0 Å². The molecular weight excluding hydrogens is 310 g/mol. The summed E-state index contributed by atoms with van der Waals surface area (Å²) in [6.45, 7) is 4.56. The van der Waals surface area contributed by atoms with Crippen LogP contribution in [0.3, 0.4) is 0 Å². The van der Waals surface area contributed by atoms with Crippen molar-refractivity contribution in [1.82, 2.24) is 14.3 Å². The molecule has 0 aliphatic carbocycles. The Morgan fingerprint density at radius 1 is 1.12 bits per heavy atom. The predicted molar refractivity (Wildman–Crippen MR) is 101 cm³/mol. The average molecular weight is 331 g/mol. The molecule has 0 radical (unpaired) electrons. The third-order valence-electron chi connectivity index (χ3n) is 4.76. The first kappa shape index (κ1) is 15.8. The van der Waals surface area contributed by atoms with Gasteiger partial charge in [-0.05, 0) is 36.1 Å². The van der Waals surface area contributed by atoms with Gasteiger partial charge in [-0.25, -0.2) is 4.98 Å². The van der Waals surface area contributed by atoms with Crippen molar-refractivity contribution in [2.45, 2.75) is 19.9 Å². The molecule has 4 heteroatoms. The van der Waals surface area contributed by atoms with Crippen molar-refractivity contribution in [3.8, 4) is 0 Å². The van der Waals surface area contributed by atoms with Gasteiger partial charge in [0.1, 0.15) is 5.65 Å². The number of nitrogens with zero attached hydrogens (tertiary/aromatic N) is 3. The Kier molecular flexibility index (Phi) is 4.20. The molecule has 0 atom stereocenters. The quantitative estimate of drug-likeness (QED) is 0.739. The first-order valence-corrected chi connectivity index (χ1v) is 8.65. The third-order valence-corrected chi connectivity index (χ3v) is 4.76. The number of hydrogen-bond acceptors (Lipinski definition) is 3. The van der Waals surface area contributed by atoms with Crippen molar-refractivity contribution in [3.63, 3.8) is 0 Å². The molecule has 3 aromatic rings. The summed E-state index contributed by atoms with van der Waals surface area (Å²) in [4.78, 5) is 19.4. The van der Waals surface area contributed by atoms with Crippen LogP contribution in [-0.4, -0.2) is 27.4 Å². The Hall–Kier alpha value is -2.72. The van der Waals surface area contributed by atoms with E-state index >= 15 is 0 Å². The first-order valence-electron chi connectivity index (χ1n) is 8.65. The lowest BCUT2D eigenvalue weighted by Gasteiger charge is -2.26. The minimum Gasteiger partial charge on any atom is -0.294 e. The molecule has 0 spiro atoms. The summed E-state index contributed by atoms with van der Waals surface area (Å²) in [5.74, 6) is 0. The molecule has 0 N–H and O–H groups in total. The van der Waals surface area contributed by atoms with Crippen molar-refractivity contribution in [2.24, 2.45) is 0 Å². The molecule has 0 amide bonds. The summed E-state index contributed by atoms with van der Waals surface area (Å²) >= 11 is 0. The highest BCUT2D eigenvalue weighted by Gasteiger charge is 2.14. The fraction of sp³-hybridized carbons (Fsp3) is 0.238. The number of pyridine rings is 1. The fourth-order valence-corrected chi connectivity index (χ4v) is 3.39. The van der Waals surface area contributed by atoms with Gasteiger partial charge in [-0.2, -0.15) is 0 Å². The average Bonchev–Trinajstić information content (AvgIpc) is 2.64. The molecule has 1 aliphatic rings. The van der Waals surface area contributed by atoms with E-state index in [4.69, 9.17) is 4.98 Å². The molecule has 4 rings (SSSR count). The second-order valence-corrected chi connectivity index (χ2v) is 6.55. The molecular formula is C21H21N3O. The van der Waals surface area contributed by atoms with Crippen molar-refractivity contribution in [2.75, 3.05) is 13.1 Å². The Balaban J connectivity index is 1.54. The van der Waals surface area contributed by atoms with Crippen LogP contribution in [-0.2, 0) is 6.54 Å². The van der Waals surface area contributed by atoms with Crippen LogP contribution < -0.4 is 5.56 Å². The van der Waals surface area contributed by atoms with E-state index in [-0.39, 0.29) is 5.56 Å². The summed E-state index contributed by atoms with van der Waals surface area (Å²) in [6, 6.07) is 16.1. The summed E-state index contributed by atoms with van der Waals surface area (Å²) in [5, 5.41) is 0. The van der Waals surface area contributed by atoms with Gasteiger partial charge in [-0.1, -0.05) is 42.5 Å². The normalized spacial score (nSPS) is 15.3. The van der Waals surface area contributed by atoms with E-state index in [1.54, 1.807) is 16.7 Å². The zero-order valence-electron chi connectivity index (χ0n) is 14.4. The van der Waals surface area contributed by atoms with E-state index in [0.717, 1.165) is 36.4 Å². The van der Waals surface area contributed by atoms with E-state index in [9.17, 15) is 4.79 Å². The van der Waals surface area contributed by atoms with Gasteiger partial charge in [0.05, 0.1) is 5.69 Å². The highest BCUT2D eigenvalue weighted by atomic mass is 16.1. The standard InChI is InChI=1S/C21H21N3O/c1-16-6-5-11-24-20(25)14-19(22-21(16)24)15-23-12-9-18(10-13-23)17-7-3-2-4-8-17/h2-9,11,14H,10,12-13,15H2,1H3. The van der Waals surface area contributed by atoms with Crippen LogP contribution in [0, 0.1) is 6.92 Å². The van der Waals surface area contributed by atoms with E-state index in [1.165, 1.54) is 11.1 Å². The molecule has 0 unspecified atom stereocenters. The van der Waals surface area contributed by atoms with Crippen LogP contribution in [0.5, 0.6) is 0 Å². The number of aryl methyl sites for hydroxylation is 1. The van der Waals surface area contributed by atoms with Crippen LogP contribution in [0.4, 0.5) is 0 Å². The highest BCUT2D eigenvalue weighted by molar-refractivity contribution is 5.66. The molecule has 2 aromatic heterocycles. The maximum absolute atomic E-state index is 12.3. The number of fused-ring (bicyclic) bond motifs is 1. The number of hydrogen-bond donors (Lipinski definition) is 0. The van der Waals surface area contributed by atoms with Crippen LogP contribution >= 0.6 is 0 Å². The molecule has 3 heterocycles. The Morgan fingerprint density at radius 2 is 1.96 bits per heavy atom. The van der Waals surface area contributed by atoms with E-state index in [2.05, 4.69) is 35.2 Å². The first-order chi connectivity index (χ1) is 12.2. The number of aromatic nitrogens is 2. The van der Waals surface area contributed by atoms with Crippen LogP contribution in [0.1, 0.15) is 23.2 Å². The maximum Gasteiger partial charge on any atom is 0.258 e. The van der Waals surface area contributed by atoms with Crippen molar-refractivity contribution in [1.29, 1.82) is 0 Å². The molecule has 25 heavy (non-hydrogen) atoms. The summed E-state index contributed by atoms with van der Waals surface area (Å²) in [5.41, 5.74) is 5.31. The van der Waals surface area contributed by atoms with Gasteiger partial charge in [-0.3, -0.25) is 14.1 Å². The van der Waals surface area contributed by atoms with Gasteiger partial charge in [-0.15, -0.1) is 0 Å². The Morgan fingerprint density at radius 3 is 2.72 bits per heavy atom. The summed E-state index contributed by atoms with van der Waals surface area (Å²) in [7, 11) is 0. The maximum atomic E-state index is 12.3. The smallest absolute Gasteiger partial charge is 0.258 e. The summed E-state index contributed by atoms with van der Waals surface area (Å²) < 4.78 is 1.61. The zero-order chi connectivity index (χ0) is 17.2. The zero-order valence-corrected chi connectivity index (χ0v) is 14.4. The predicted octanol–water partition coefficient (Wildman–Crippen LogP) is 3.29. The molecule has 0 saturated carbocycles. The molecule has 0 fully saturated rings. The Bertz CT molecular complexity index is 989. The molecule has 1 aromatic carbocycles. The topological polar surface area (TPSA) is 37.6 Å². The van der Waals surface area contributed by atoms with Gasteiger partial charge in [0.15, 0.2) is 0 Å². The minimum absolute atomic E-state index is 0.0128. The molecule has 4 nitrogen and oxygen atoms in total. The van der Waals surface area contributed by atoms with Crippen molar-refractivity contribution in [3.05, 3.63) is 88.0 Å². The highest BCUT2D eigenvalue weighted by Crippen LogP contribution is 2.22. The van der Waals surface area contributed by atoms with Gasteiger partial charge in [0, 0.05) is 31.9 Å². The largest absolute Gasteiger partial charge is 0.294 e. The van der Waals surface area contributed by atoms with Crippen LogP contribution in [0.2, 0.25) is 0 Å². The van der Waals surface area contributed by atoms with Crippen molar-refractivity contribution >= 4 is 11.2 Å². The molecule has 1 aliphatic heterocycles. The summed E-state index contributed by atoms with van der Waals surface area (Å²) in [6.07, 6.45) is 5.09. The SMILES string of the molecule is Cc1cccn2c(=O)cc(CN3CC=C(c4ccccc4)CC3)nc12. The lowest BCUT2D eigenvalue weighted by molar-refractivity contribution is 0.290. The monoisotopic (exact) mass is 331 g/mol. The van der Waals surface area contributed by atoms with Gasteiger partial charge >= 0.3 is 0 Å². The second-order valence-electron chi connectivity index (χ2n) is 6.55. The Labute approximate surface area is 147 Å². The number of benzene rings is 1. The molecule has 0 bridgehead atoms.